The number of para-hydroxylation sites is 3. The van der Waals surface area contributed by atoms with Gasteiger partial charge in [0, 0.05) is 5.56 Å². The monoisotopic (exact) mass is 392 g/mol. The first-order valence-corrected chi connectivity index (χ1v) is 9.85. The summed E-state index contributed by atoms with van der Waals surface area (Å²) in [4.78, 5) is 7.54. The molecule has 0 atom stereocenters. The van der Waals surface area contributed by atoms with Crippen LogP contribution in [0, 0.1) is 0 Å². The highest BCUT2D eigenvalue weighted by Crippen LogP contribution is 2.22. The molecule has 0 amide bonds. The van der Waals surface area contributed by atoms with Crippen LogP contribution in [0.2, 0.25) is 0 Å². The van der Waals surface area contributed by atoms with Gasteiger partial charge in [0.2, 0.25) is 5.95 Å². The molecule has 4 aromatic rings. The van der Waals surface area contributed by atoms with Gasteiger partial charge in [-0.3, -0.25) is 0 Å². The van der Waals surface area contributed by atoms with Crippen molar-refractivity contribution < 1.29 is 12.6 Å². The van der Waals surface area contributed by atoms with Crippen molar-refractivity contribution in [1.29, 1.82) is 0 Å². The number of H-pyrrole nitrogens is 1. The second kappa shape index (κ2) is 7.53. The van der Waals surface area contributed by atoms with Gasteiger partial charge in [-0.2, -0.15) is 13.5 Å². The number of hydrogen-bond acceptors (Lipinski definition) is 6. The molecule has 0 saturated heterocycles. The predicted molar refractivity (Wildman–Crippen MR) is 108 cm³/mol. The number of rotatable bonds is 6. The number of fused-ring (bicyclic) bond motifs is 1. The molecule has 0 aliphatic carbocycles. The van der Waals surface area contributed by atoms with Crippen molar-refractivity contribution in [2.75, 3.05) is 5.43 Å². The fourth-order valence-electron chi connectivity index (χ4n) is 2.59. The van der Waals surface area contributed by atoms with Crippen molar-refractivity contribution in [1.82, 2.24) is 9.97 Å². The molecule has 7 nitrogen and oxygen atoms in total. The van der Waals surface area contributed by atoms with Crippen LogP contribution in [-0.4, -0.2) is 24.6 Å². The van der Waals surface area contributed by atoms with Gasteiger partial charge in [0.25, 0.3) is 0 Å². The van der Waals surface area contributed by atoms with Crippen LogP contribution in [-0.2, 0) is 10.1 Å². The molecule has 0 radical (unpaired) electrons. The van der Waals surface area contributed by atoms with E-state index in [-0.39, 0.29) is 10.6 Å². The zero-order valence-corrected chi connectivity index (χ0v) is 15.4. The summed E-state index contributed by atoms with van der Waals surface area (Å²) in [6.07, 6.45) is 1.48. The molecule has 0 saturated carbocycles. The summed E-state index contributed by atoms with van der Waals surface area (Å²) in [5, 5.41) is 4.13. The molecule has 0 fully saturated rings. The van der Waals surface area contributed by atoms with Crippen LogP contribution in [0.4, 0.5) is 5.95 Å². The fraction of sp³-hybridized carbons (Fsp3) is 0. The molecule has 1 heterocycles. The minimum Gasteiger partial charge on any atom is -0.378 e. The third kappa shape index (κ3) is 3.86. The molecule has 140 valence electrons. The average Bonchev–Trinajstić information content (AvgIpc) is 3.12. The van der Waals surface area contributed by atoms with E-state index in [1.54, 1.807) is 42.5 Å². The maximum atomic E-state index is 12.5. The molecule has 0 bridgehead atoms. The highest BCUT2D eigenvalue weighted by molar-refractivity contribution is 7.87. The Bertz CT molecular complexity index is 1200. The third-order valence-corrected chi connectivity index (χ3v) is 5.16. The van der Waals surface area contributed by atoms with Crippen LogP contribution in [0.15, 0.2) is 88.9 Å². The number of benzene rings is 3. The molecule has 0 aliphatic heterocycles. The standard InChI is InChI=1S/C20H16N4O3S/c25-28(26,16-9-2-1-3-10-16)27-19-13-7-4-8-15(19)14-21-24-20-22-17-11-5-6-12-18(17)23-20/h1-14H,(H2,22,23,24)/b21-14-. The Balaban J connectivity index is 1.53. The van der Waals surface area contributed by atoms with Crippen molar-refractivity contribution in [2.45, 2.75) is 4.90 Å². The summed E-state index contributed by atoms with van der Waals surface area (Å²) < 4.78 is 30.2. The number of imidazole rings is 1. The summed E-state index contributed by atoms with van der Waals surface area (Å²) >= 11 is 0. The van der Waals surface area contributed by atoms with E-state index in [0.29, 0.717) is 11.5 Å². The van der Waals surface area contributed by atoms with E-state index in [1.165, 1.54) is 18.3 Å². The van der Waals surface area contributed by atoms with E-state index in [2.05, 4.69) is 20.5 Å². The third-order valence-electron chi connectivity index (χ3n) is 3.91. The van der Waals surface area contributed by atoms with Crippen LogP contribution in [0.3, 0.4) is 0 Å². The van der Waals surface area contributed by atoms with Gasteiger partial charge >= 0.3 is 10.1 Å². The number of hydrogen-bond donors (Lipinski definition) is 2. The van der Waals surface area contributed by atoms with Crippen molar-refractivity contribution in [3.8, 4) is 5.75 Å². The smallest absolute Gasteiger partial charge is 0.339 e. The van der Waals surface area contributed by atoms with Gasteiger partial charge in [-0.1, -0.05) is 42.5 Å². The molecular formula is C20H16N4O3S. The highest BCUT2D eigenvalue weighted by Gasteiger charge is 2.17. The number of anilines is 1. The number of aromatic nitrogens is 2. The second-order valence-corrected chi connectivity index (χ2v) is 7.41. The lowest BCUT2D eigenvalue weighted by atomic mass is 10.2. The van der Waals surface area contributed by atoms with Gasteiger partial charge in [0.1, 0.15) is 4.90 Å². The zero-order valence-electron chi connectivity index (χ0n) is 14.6. The number of hydrazone groups is 1. The predicted octanol–water partition coefficient (Wildman–Crippen LogP) is 3.78. The molecule has 0 aliphatic rings. The van der Waals surface area contributed by atoms with Crippen molar-refractivity contribution in [2.24, 2.45) is 5.10 Å². The first kappa shape index (κ1) is 17.7. The van der Waals surface area contributed by atoms with Gasteiger partial charge < -0.3 is 9.17 Å². The Morgan fingerprint density at radius 2 is 1.64 bits per heavy atom. The van der Waals surface area contributed by atoms with Crippen molar-refractivity contribution in [3.05, 3.63) is 84.4 Å². The van der Waals surface area contributed by atoms with E-state index in [0.717, 1.165) is 11.0 Å². The summed E-state index contributed by atoms with van der Waals surface area (Å²) in [5.74, 6) is 0.661. The van der Waals surface area contributed by atoms with E-state index >= 15 is 0 Å². The molecule has 2 N–H and O–H groups in total. The van der Waals surface area contributed by atoms with Crippen molar-refractivity contribution >= 4 is 33.3 Å². The first-order chi connectivity index (χ1) is 13.6. The lowest BCUT2D eigenvalue weighted by Crippen LogP contribution is -2.10. The molecule has 1 aromatic heterocycles. The summed E-state index contributed by atoms with van der Waals surface area (Å²) in [7, 11) is -3.93. The van der Waals surface area contributed by atoms with Gasteiger partial charge in [-0.15, -0.1) is 0 Å². The maximum Gasteiger partial charge on any atom is 0.339 e. The summed E-state index contributed by atoms with van der Waals surface area (Å²) in [6.45, 7) is 0. The Morgan fingerprint density at radius 1 is 0.929 bits per heavy atom. The molecule has 8 heteroatoms. The van der Waals surface area contributed by atoms with E-state index < -0.39 is 10.1 Å². The first-order valence-electron chi connectivity index (χ1n) is 8.44. The van der Waals surface area contributed by atoms with Crippen LogP contribution >= 0.6 is 0 Å². The number of aromatic amines is 1. The SMILES string of the molecule is O=S(=O)(Oc1ccccc1/C=N\Nc1nc2ccccc2[nH]1)c1ccccc1. The minimum absolute atomic E-state index is 0.0853. The van der Waals surface area contributed by atoms with Crippen molar-refractivity contribution in [3.63, 3.8) is 0 Å². The lowest BCUT2D eigenvalue weighted by Gasteiger charge is -2.09. The van der Waals surface area contributed by atoms with Gasteiger partial charge in [-0.25, -0.2) is 10.4 Å². The summed E-state index contributed by atoms with van der Waals surface area (Å²) in [6, 6.07) is 22.3. The van der Waals surface area contributed by atoms with E-state index in [4.69, 9.17) is 4.18 Å². The quantitative estimate of drug-likeness (QED) is 0.296. The van der Waals surface area contributed by atoms with Gasteiger partial charge in [0.05, 0.1) is 17.2 Å². The number of nitrogens with zero attached hydrogens (tertiary/aromatic N) is 2. The zero-order chi connectivity index (χ0) is 19.4. The van der Waals surface area contributed by atoms with Gasteiger partial charge in [-0.05, 0) is 36.4 Å². The molecule has 3 aromatic carbocycles. The topological polar surface area (TPSA) is 96.4 Å². The van der Waals surface area contributed by atoms with Crippen LogP contribution in [0.5, 0.6) is 5.75 Å². The Hall–Kier alpha value is -3.65. The maximum absolute atomic E-state index is 12.5. The fourth-order valence-corrected chi connectivity index (χ4v) is 3.56. The van der Waals surface area contributed by atoms with Crippen LogP contribution in [0.1, 0.15) is 5.56 Å². The Kier molecular flexibility index (Phi) is 4.77. The Morgan fingerprint density at radius 3 is 2.46 bits per heavy atom. The molecule has 4 rings (SSSR count). The Labute approximate surface area is 161 Å². The molecule has 0 unspecified atom stereocenters. The average molecular weight is 392 g/mol. The van der Waals surface area contributed by atoms with Crippen LogP contribution < -0.4 is 9.61 Å². The second-order valence-electron chi connectivity index (χ2n) is 5.86. The lowest BCUT2D eigenvalue weighted by molar-refractivity contribution is 0.485. The normalized spacial score (nSPS) is 11.7. The summed E-state index contributed by atoms with van der Waals surface area (Å²) in [5.41, 5.74) is 5.01. The largest absolute Gasteiger partial charge is 0.378 e. The van der Waals surface area contributed by atoms with Gasteiger partial charge in [0.15, 0.2) is 5.75 Å². The highest BCUT2D eigenvalue weighted by atomic mass is 32.2. The van der Waals surface area contributed by atoms with Crippen LogP contribution in [0.25, 0.3) is 11.0 Å². The minimum atomic E-state index is -3.93. The molecular weight excluding hydrogens is 376 g/mol. The molecule has 0 spiro atoms. The van der Waals surface area contributed by atoms with E-state index in [9.17, 15) is 8.42 Å². The van der Waals surface area contributed by atoms with E-state index in [1.807, 2.05) is 24.3 Å². The number of nitrogens with one attached hydrogen (secondary N) is 2. The molecule has 28 heavy (non-hydrogen) atoms.